The zero-order chi connectivity index (χ0) is 14.5. The number of amides is 1. The summed E-state index contributed by atoms with van der Waals surface area (Å²) in [5, 5.41) is 15.6. The Kier molecular flexibility index (Phi) is 4.56. The molecule has 0 radical (unpaired) electrons. The number of hydrogen-bond acceptors (Lipinski definition) is 4. The third-order valence-electron chi connectivity index (χ3n) is 2.78. The Labute approximate surface area is 121 Å². The Balaban J connectivity index is 2.04. The minimum Gasteiger partial charge on any atom is -0.384 e. The van der Waals surface area contributed by atoms with Crippen LogP contribution in [0.5, 0.6) is 0 Å². The molecule has 0 atom stereocenters. The van der Waals surface area contributed by atoms with Gasteiger partial charge in [0.25, 0.3) is 5.91 Å². The van der Waals surface area contributed by atoms with E-state index >= 15 is 0 Å². The van der Waals surface area contributed by atoms with E-state index in [2.05, 4.69) is 22.3 Å². The van der Waals surface area contributed by atoms with Crippen LogP contribution in [-0.4, -0.2) is 27.4 Å². The molecular formula is C14H15N3O2S. The van der Waals surface area contributed by atoms with Gasteiger partial charge >= 0.3 is 0 Å². The second-order valence-corrected chi connectivity index (χ2v) is 5.26. The van der Waals surface area contributed by atoms with E-state index in [1.807, 2.05) is 26.1 Å². The maximum atomic E-state index is 12.1. The maximum absolute atomic E-state index is 12.1. The molecular weight excluding hydrogens is 274 g/mol. The first-order valence-electron chi connectivity index (χ1n) is 6.07. The van der Waals surface area contributed by atoms with Crippen molar-refractivity contribution in [2.75, 3.05) is 6.61 Å². The van der Waals surface area contributed by atoms with Crippen LogP contribution >= 0.6 is 11.3 Å². The molecule has 2 aromatic rings. The van der Waals surface area contributed by atoms with Crippen molar-refractivity contribution in [2.24, 2.45) is 7.05 Å². The van der Waals surface area contributed by atoms with Gasteiger partial charge in [-0.1, -0.05) is 11.8 Å². The third kappa shape index (κ3) is 3.26. The molecule has 1 amide bonds. The average Bonchev–Trinajstić information content (AvgIpc) is 3.00. The molecule has 0 saturated carbocycles. The van der Waals surface area contributed by atoms with E-state index in [0.29, 0.717) is 11.4 Å². The number of thiophene rings is 1. The molecule has 2 heterocycles. The largest absolute Gasteiger partial charge is 0.384 e. The summed E-state index contributed by atoms with van der Waals surface area (Å²) >= 11 is 1.33. The monoisotopic (exact) mass is 289 g/mol. The smallest absolute Gasteiger partial charge is 0.261 e. The zero-order valence-corrected chi connectivity index (χ0v) is 12.1. The molecule has 104 valence electrons. The van der Waals surface area contributed by atoms with Crippen molar-refractivity contribution in [2.45, 2.75) is 13.5 Å². The lowest BCUT2D eigenvalue weighted by Crippen LogP contribution is -2.23. The number of aryl methyl sites for hydroxylation is 2. The Morgan fingerprint density at radius 3 is 3.05 bits per heavy atom. The van der Waals surface area contributed by atoms with Gasteiger partial charge in [0.05, 0.1) is 22.0 Å². The van der Waals surface area contributed by atoms with Crippen molar-refractivity contribution in [3.05, 3.63) is 39.3 Å². The maximum Gasteiger partial charge on any atom is 0.261 e. The van der Waals surface area contributed by atoms with Crippen LogP contribution in [0.4, 0.5) is 0 Å². The molecule has 5 nitrogen and oxygen atoms in total. The molecule has 0 saturated heterocycles. The number of aliphatic hydroxyl groups excluding tert-OH is 1. The Morgan fingerprint density at radius 1 is 1.60 bits per heavy atom. The minimum absolute atomic E-state index is 0.128. The Hall–Kier alpha value is -2.10. The van der Waals surface area contributed by atoms with E-state index < -0.39 is 0 Å². The SMILES string of the molecule is Cc1cc(C(=O)NCc2ccnn2C)sc1C#CCO. The van der Waals surface area contributed by atoms with Gasteiger partial charge in [-0.15, -0.1) is 11.3 Å². The summed E-state index contributed by atoms with van der Waals surface area (Å²) in [5.41, 5.74) is 1.88. The van der Waals surface area contributed by atoms with Gasteiger partial charge in [0.15, 0.2) is 0 Å². The van der Waals surface area contributed by atoms with E-state index in [4.69, 9.17) is 5.11 Å². The number of nitrogens with zero attached hydrogens (tertiary/aromatic N) is 2. The second-order valence-electron chi connectivity index (χ2n) is 4.21. The number of nitrogens with one attached hydrogen (secondary N) is 1. The lowest BCUT2D eigenvalue weighted by Gasteiger charge is -2.03. The molecule has 20 heavy (non-hydrogen) atoms. The van der Waals surface area contributed by atoms with Crippen LogP contribution in [0.3, 0.4) is 0 Å². The van der Waals surface area contributed by atoms with Crippen molar-refractivity contribution in [3.63, 3.8) is 0 Å². The molecule has 6 heteroatoms. The summed E-state index contributed by atoms with van der Waals surface area (Å²) in [6.45, 7) is 2.15. The van der Waals surface area contributed by atoms with Crippen LogP contribution in [0.25, 0.3) is 0 Å². The van der Waals surface area contributed by atoms with Crippen LogP contribution in [0.2, 0.25) is 0 Å². The average molecular weight is 289 g/mol. The van der Waals surface area contributed by atoms with Crippen LogP contribution < -0.4 is 5.32 Å². The summed E-state index contributed by atoms with van der Waals surface area (Å²) in [6.07, 6.45) is 1.69. The molecule has 0 aromatic carbocycles. The fourth-order valence-corrected chi connectivity index (χ4v) is 2.63. The zero-order valence-electron chi connectivity index (χ0n) is 11.3. The Bertz CT molecular complexity index is 676. The molecule has 0 spiro atoms. The minimum atomic E-state index is -0.181. The number of carbonyl (C=O) groups excluding carboxylic acids is 1. The van der Waals surface area contributed by atoms with Gasteiger partial charge in [-0.25, -0.2) is 0 Å². The fraction of sp³-hybridized carbons (Fsp3) is 0.286. The summed E-state index contributed by atoms with van der Waals surface area (Å²) in [6, 6.07) is 3.67. The first kappa shape index (κ1) is 14.3. The van der Waals surface area contributed by atoms with Crippen LogP contribution in [0.15, 0.2) is 18.3 Å². The molecule has 2 N–H and O–H groups in total. The van der Waals surface area contributed by atoms with Crippen molar-refractivity contribution in [1.82, 2.24) is 15.1 Å². The highest BCUT2D eigenvalue weighted by Crippen LogP contribution is 2.20. The van der Waals surface area contributed by atoms with E-state index in [-0.39, 0.29) is 12.5 Å². The first-order chi connectivity index (χ1) is 9.61. The number of aromatic nitrogens is 2. The predicted octanol–water partition coefficient (Wildman–Crippen LogP) is 1.06. The highest BCUT2D eigenvalue weighted by Gasteiger charge is 2.11. The molecule has 0 fully saturated rings. The quantitative estimate of drug-likeness (QED) is 0.830. The number of hydrogen-bond donors (Lipinski definition) is 2. The lowest BCUT2D eigenvalue weighted by molar-refractivity contribution is 0.0954. The van der Waals surface area contributed by atoms with Gasteiger partial charge in [0.2, 0.25) is 0 Å². The van der Waals surface area contributed by atoms with E-state index in [1.165, 1.54) is 11.3 Å². The van der Waals surface area contributed by atoms with Gasteiger partial charge in [0, 0.05) is 13.2 Å². The molecule has 2 aromatic heterocycles. The summed E-state index contributed by atoms with van der Waals surface area (Å²) < 4.78 is 1.72. The van der Waals surface area contributed by atoms with Gasteiger partial charge in [-0.3, -0.25) is 9.48 Å². The van der Waals surface area contributed by atoms with E-state index in [1.54, 1.807) is 10.9 Å². The third-order valence-corrected chi connectivity index (χ3v) is 3.93. The summed E-state index contributed by atoms with van der Waals surface area (Å²) in [5.74, 6) is 5.30. The van der Waals surface area contributed by atoms with Crippen LogP contribution in [0.1, 0.15) is 25.8 Å². The van der Waals surface area contributed by atoms with Crippen molar-refractivity contribution < 1.29 is 9.90 Å². The molecule has 2 rings (SSSR count). The van der Waals surface area contributed by atoms with Crippen molar-refractivity contribution >= 4 is 17.2 Å². The second kappa shape index (κ2) is 6.37. The predicted molar refractivity (Wildman–Crippen MR) is 77.4 cm³/mol. The standard InChI is InChI=1S/C14H15N3O2S/c1-10-8-13(20-12(10)4-3-7-18)14(19)15-9-11-5-6-16-17(11)2/h5-6,8,18H,7,9H2,1-2H3,(H,15,19). The number of aliphatic hydroxyl groups is 1. The molecule has 0 aliphatic heterocycles. The Morgan fingerprint density at radius 2 is 2.40 bits per heavy atom. The highest BCUT2D eigenvalue weighted by atomic mass is 32.1. The normalized spacial score (nSPS) is 9.95. The number of carbonyl (C=O) groups is 1. The van der Waals surface area contributed by atoms with Gasteiger partial charge < -0.3 is 10.4 Å². The summed E-state index contributed by atoms with van der Waals surface area (Å²) in [4.78, 5) is 13.5. The lowest BCUT2D eigenvalue weighted by atomic mass is 10.2. The van der Waals surface area contributed by atoms with Gasteiger partial charge in [0.1, 0.15) is 6.61 Å². The van der Waals surface area contributed by atoms with Crippen molar-refractivity contribution in [3.8, 4) is 11.8 Å². The first-order valence-corrected chi connectivity index (χ1v) is 6.88. The number of rotatable bonds is 3. The van der Waals surface area contributed by atoms with E-state index in [9.17, 15) is 4.79 Å². The van der Waals surface area contributed by atoms with Crippen molar-refractivity contribution in [1.29, 1.82) is 0 Å². The molecule has 0 unspecified atom stereocenters. The van der Waals surface area contributed by atoms with Gasteiger partial charge in [-0.05, 0) is 24.6 Å². The molecule has 0 aliphatic rings. The van der Waals surface area contributed by atoms with Crippen LogP contribution in [-0.2, 0) is 13.6 Å². The highest BCUT2D eigenvalue weighted by molar-refractivity contribution is 7.14. The topological polar surface area (TPSA) is 67.2 Å². The van der Waals surface area contributed by atoms with Gasteiger partial charge in [-0.2, -0.15) is 5.10 Å². The van der Waals surface area contributed by atoms with Crippen LogP contribution in [0, 0.1) is 18.8 Å². The van der Waals surface area contributed by atoms with E-state index in [0.717, 1.165) is 16.1 Å². The molecule has 0 bridgehead atoms. The summed E-state index contributed by atoms with van der Waals surface area (Å²) in [7, 11) is 1.83. The molecule has 0 aliphatic carbocycles. The fourth-order valence-electron chi connectivity index (χ4n) is 1.67.